The van der Waals surface area contributed by atoms with Gasteiger partial charge in [0.1, 0.15) is 11.2 Å². The zero-order valence-electron chi connectivity index (χ0n) is 29.6. The summed E-state index contributed by atoms with van der Waals surface area (Å²) in [6, 6.07) is 76.0. The number of para-hydroxylation sites is 2. The summed E-state index contributed by atoms with van der Waals surface area (Å²) in [5, 5.41) is 4.76. The molecule has 2 heteroatoms. The van der Waals surface area contributed by atoms with Crippen LogP contribution >= 0.6 is 0 Å². The van der Waals surface area contributed by atoms with Crippen molar-refractivity contribution in [1.29, 1.82) is 0 Å². The first-order chi connectivity index (χ1) is 26.8. The van der Waals surface area contributed by atoms with Gasteiger partial charge >= 0.3 is 0 Å². The van der Waals surface area contributed by atoms with Crippen molar-refractivity contribution in [2.24, 2.45) is 0 Å². The number of furan rings is 1. The van der Waals surface area contributed by atoms with Crippen molar-refractivity contribution < 1.29 is 4.42 Å². The van der Waals surface area contributed by atoms with E-state index >= 15 is 0 Å². The Hall–Kier alpha value is -7.16. The molecule has 1 aromatic heterocycles. The average Bonchev–Trinajstić information content (AvgIpc) is 3.63. The molecule has 54 heavy (non-hydrogen) atoms. The minimum absolute atomic E-state index is 0.905. The van der Waals surface area contributed by atoms with E-state index in [0.717, 1.165) is 61.3 Å². The van der Waals surface area contributed by atoms with Crippen molar-refractivity contribution in [2.45, 2.75) is 0 Å². The van der Waals surface area contributed by atoms with E-state index in [-0.39, 0.29) is 0 Å². The van der Waals surface area contributed by atoms with Crippen LogP contribution in [0.2, 0.25) is 0 Å². The van der Waals surface area contributed by atoms with Crippen LogP contribution in [0, 0.1) is 0 Å². The lowest BCUT2D eigenvalue weighted by molar-refractivity contribution is 0.669. The van der Waals surface area contributed by atoms with Gasteiger partial charge in [0.25, 0.3) is 0 Å². The Bertz CT molecular complexity index is 2930. The van der Waals surface area contributed by atoms with Crippen molar-refractivity contribution >= 4 is 49.8 Å². The third-order valence-corrected chi connectivity index (χ3v) is 10.5. The van der Waals surface area contributed by atoms with E-state index in [1.165, 1.54) is 33.0 Å². The summed E-state index contributed by atoms with van der Waals surface area (Å²) in [5.74, 6) is 0. The molecule has 0 spiro atoms. The number of hydrogen-bond donors (Lipinski definition) is 0. The molecule has 0 saturated heterocycles. The van der Waals surface area contributed by atoms with Gasteiger partial charge in [-0.15, -0.1) is 0 Å². The zero-order chi connectivity index (χ0) is 35.8. The number of benzene rings is 9. The molecular weight excluding hydrogens is 655 g/mol. The highest BCUT2D eigenvalue weighted by Gasteiger charge is 2.19. The Morgan fingerprint density at radius 1 is 0.296 bits per heavy atom. The molecule has 0 atom stereocenters. The number of rotatable bonds is 7. The second-order valence-corrected chi connectivity index (χ2v) is 13.7. The van der Waals surface area contributed by atoms with E-state index in [0.29, 0.717) is 0 Å². The molecule has 0 radical (unpaired) electrons. The van der Waals surface area contributed by atoms with E-state index in [4.69, 9.17) is 4.42 Å². The van der Waals surface area contributed by atoms with Gasteiger partial charge in [-0.2, -0.15) is 0 Å². The normalized spacial score (nSPS) is 11.3. The van der Waals surface area contributed by atoms with E-state index < -0.39 is 0 Å². The lowest BCUT2D eigenvalue weighted by Crippen LogP contribution is -2.11. The molecule has 9 aromatic carbocycles. The number of nitrogens with zero attached hydrogens (tertiary/aromatic N) is 1. The highest BCUT2D eigenvalue weighted by Crippen LogP contribution is 2.43. The fourth-order valence-corrected chi connectivity index (χ4v) is 7.84. The molecular formula is C52H35NO. The van der Waals surface area contributed by atoms with Crippen LogP contribution in [-0.2, 0) is 0 Å². The molecule has 1 heterocycles. The summed E-state index contributed by atoms with van der Waals surface area (Å²) in [6.07, 6.45) is 0. The fourth-order valence-electron chi connectivity index (χ4n) is 7.84. The summed E-state index contributed by atoms with van der Waals surface area (Å²) < 4.78 is 6.13. The molecule has 254 valence electrons. The average molecular weight is 690 g/mol. The van der Waals surface area contributed by atoms with E-state index in [1.54, 1.807) is 0 Å². The Kier molecular flexibility index (Phi) is 7.85. The van der Waals surface area contributed by atoms with Crippen LogP contribution in [0.15, 0.2) is 217 Å². The minimum Gasteiger partial charge on any atom is -0.456 e. The molecule has 0 bridgehead atoms. The highest BCUT2D eigenvalue weighted by molar-refractivity contribution is 6.06. The van der Waals surface area contributed by atoms with Gasteiger partial charge in [-0.1, -0.05) is 158 Å². The molecule has 0 aliphatic carbocycles. The minimum atomic E-state index is 0.905. The van der Waals surface area contributed by atoms with Crippen LogP contribution in [0.5, 0.6) is 0 Å². The molecule has 0 saturated carbocycles. The maximum absolute atomic E-state index is 6.13. The molecule has 0 aliphatic heterocycles. The van der Waals surface area contributed by atoms with Crippen LogP contribution < -0.4 is 4.90 Å². The van der Waals surface area contributed by atoms with Crippen molar-refractivity contribution in [3.05, 3.63) is 212 Å². The Labute approximate surface area is 314 Å². The van der Waals surface area contributed by atoms with Crippen molar-refractivity contribution in [3.8, 4) is 44.5 Å². The maximum atomic E-state index is 6.13. The lowest BCUT2D eigenvalue weighted by Gasteiger charge is -2.28. The van der Waals surface area contributed by atoms with Gasteiger partial charge in [-0.25, -0.2) is 0 Å². The molecule has 0 amide bonds. The monoisotopic (exact) mass is 689 g/mol. The van der Waals surface area contributed by atoms with Crippen LogP contribution in [0.3, 0.4) is 0 Å². The summed E-state index contributed by atoms with van der Waals surface area (Å²) in [4.78, 5) is 2.39. The van der Waals surface area contributed by atoms with Crippen molar-refractivity contribution in [1.82, 2.24) is 0 Å². The number of anilines is 3. The zero-order valence-corrected chi connectivity index (χ0v) is 29.6. The maximum Gasteiger partial charge on any atom is 0.135 e. The summed E-state index contributed by atoms with van der Waals surface area (Å²) >= 11 is 0. The van der Waals surface area contributed by atoms with Crippen molar-refractivity contribution in [3.63, 3.8) is 0 Å². The van der Waals surface area contributed by atoms with Crippen molar-refractivity contribution in [2.75, 3.05) is 4.90 Å². The van der Waals surface area contributed by atoms with E-state index in [2.05, 4.69) is 205 Å². The second-order valence-electron chi connectivity index (χ2n) is 13.7. The predicted octanol–water partition coefficient (Wildman–Crippen LogP) is 14.9. The first kappa shape index (κ1) is 31.6. The third-order valence-electron chi connectivity index (χ3n) is 10.5. The predicted molar refractivity (Wildman–Crippen MR) is 228 cm³/mol. The molecule has 10 aromatic rings. The summed E-state index contributed by atoms with van der Waals surface area (Å²) in [6.45, 7) is 0. The van der Waals surface area contributed by atoms with Gasteiger partial charge in [0.05, 0.1) is 5.69 Å². The molecule has 0 unspecified atom stereocenters. The number of fused-ring (bicyclic) bond motifs is 4. The van der Waals surface area contributed by atoms with Gasteiger partial charge in [0, 0.05) is 27.7 Å². The SMILES string of the molecule is c1ccc(-c2cccc(N(c3ccc(-c4ccc5oc6ccccc6c5c4)cc3)c3ccccc3-c3cccc(-c4cccc5ccccc45)c3)c2)cc1. The second kappa shape index (κ2) is 13.4. The topological polar surface area (TPSA) is 16.4 Å². The fraction of sp³-hybridized carbons (Fsp3) is 0. The molecule has 0 aliphatic rings. The molecule has 2 nitrogen and oxygen atoms in total. The Balaban J connectivity index is 1.10. The molecule has 10 rings (SSSR count). The van der Waals surface area contributed by atoms with Crippen LogP contribution in [0.25, 0.3) is 77.2 Å². The number of hydrogen-bond acceptors (Lipinski definition) is 2. The highest BCUT2D eigenvalue weighted by atomic mass is 16.3. The van der Waals surface area contributed by atoms with Gasteiger partial charge in [-0.3, -0.25) is 0 Å². The Morgan fingerprint density at radius 3 is 1.76 bits per heavy atom. The standard InChI is InChI=1S/C52H35NO/c1-2-13-36(14-3-1)39-17-11-20-44(34-39)53(43-30-27-37(28-31-43)40-29-32-52-49(35-40)48-23-7-9-26-51(48)54-52)50-25-8-6-22-47(50)42-19-10-18-41(33-42)46-24-12-16-38-15-4-5-21-45(38)46/h1-35H. The first-order valence-corrected chi connectivity index (χ1v) is 18.4. The van der Waals surface area contributed by atoms with Gasteiger partial charge in [-0.05, 0) is 104 Å². The smallest absolute Gasteiger partial charge is 0.135 e. The molecule has 0 fully saturated rings. The first-order valence-electron chi connectivity index (χ1n) is 18.4. The van der Waals surface area contributed by atoms with Gasteiger partial charge in [0.15, 0.2) is 0 Å². The van der Waals surface area contributed by atoms with Crippen LogP contribution in [0.1, 0.15) is 0 Å². The van der Waals surface area contributed by atoms with E-state index in [9.17, 15) is 0 Å². The summed E-state index contributed by atoms with van der Waals surface area (Å²) in [5.41, 5.74) is 14.5. The van der Waals surface area contributed by atoms with E-state index in [1.807, 2.05) is 12.1 Å². The third kappa shape index (κ3) is 5.71. The quantitative estimate of drug-likeness (QED) is 0.166. The lowest BCUT2D eigenvalue weighted by atomic mass is 9.94. The van der Waals surface area contributed by atoms with Gasteiger partial charge in [0.2, 0.25) is 0 Å². The van der Waals surface area contributed by atoms with Crippen LogP contribution in [-0.4, -0.2) is 0 Å². The van der Waals surface area contributed by atoms with Gasteiger partial charge < -0.3 is 9.32 Å². The summed E-state index contributed by atoms with van der Waals surface area (Å²) in [7, 11) is 0. The largest absolute Gasteiger partial charge is 0.456 e. The Morgan fingerprint density at radius 2 is 0.870 bits per heavy atom. The van der Waals surface area contributed by atoms with Crippen LogP contribution in [0.4, 0.5) is 17.1 Å². The molecule has 0 N–H and O–H groups in total.